The molecule has 0 aliphatic rings. The van der Waals surface area contributed by atoms with Crippen LogP contribution in [0.5, 0.6) is 0 Å². The highest BCUT2D eigenvalue weighted by atomic mass is 15.1. The molecule has 82 valence electrons. The van der Waals surface area contributed by atoms with Gasteiger partial charge in [-0.3, -0.25) is 9.98 Å². The Labute approximate surface area is 92.7 Å². The van der Waals surface area contributed by atoms with Gasteiger partial charge in [0.2, 0.25) is 0 Å². The van der Waals surface area contributed by atoms with Gasteiger partial charge in [0.15, 0.2) is 5.82 Å². The lowest BCUT2D eigenvalue weighted by molar-refractivity contribution is 0.930. The molecule has 16 heavy (non-hydrogen) atoms. The lowest BCUT2D eigenvalue weighted by Gasteiger charge is -2.04. The van der Waals surface area contributed by atoms with E-state index in [2.05, 4.69) is 15.0 Å². The summed E-state index contributed by atoms with van der Waals surface area (Å²) in [7, 11) is 0. The number of nitrogens with zero attached hydrogens (tertiary/aromatic N) is 4. The Balaban J connectivity index is 2.42. The molecular formula is C10H12N6. The standard InChI is InChI=1S/C10H12N6/c1-6-7(2)16(5-15-6)9-4-13-8(3-14-9)10(11)12/h3-5H,1-2H3,(H3,11,12). The molecule has 0 unspecified atom stereocenters. The van der Waals surface area contributed by atoms with E-state index in [9.17, 15) is 0 Å². The SMILES string of the molecule is Cc1ncn(-c2cnc(C(=N)N)cn2)c1C. The highest BCUT2D eigenvalue weighted by Crippen LogP contribution is 2.10. The van der Waals surface area contributed by atoms with Crippen LogP contribution in [0.15, 0.2) is 18.7 Å². The number of aromatic nitrogens is 4. The van der Waals surface area contributed by atoms with Gasteiger partial charge in [0.05, 0.1) is 18.1 Å². The number of nitrogens with one attached hydrogen (secondary N) is 1. The van der Waals surface area contributed by atoms with E-state index in [0.29, 0.717) is 11.5 Å². The maximum absolute atomic E-state index is 7.21. The van der Waals surface area contributed by atoms with Crippen molar-refractivity contribution in [2.75, 3.05) is 0 Å². The fourth-order valence-corrected chi connectivity index (χ4v) is 1.31. The number of nitrogens with two attached hydrogens (primary N) is 1. The Kier molecular flexibility index (Phi) is 2.40. The van der Waals surface area contributed by atoms with Gasteiger partial charge >= 0.3 is 0 Å². The molecule has 6 heteroatoms. The second-order valence-electron chi connectivity index (χ2n) is 3.46. The van der Waals surface area contributed by atoms with E-state index in [4.69, 9.17) is 11.1 Å². The molecule has 0 spiro atoms. The minimum atomic E-state index is -0.0856. The van der Waals surface area contributed by atoms with Crippen LogP contribution in [0.2, 0.25) is 0 Å². The number of nitrogen functional groups attached to an aromatic ring is 1. The summed E-state index contributed by atoms with van der Waals surface area (Å²) in [6.07, 6.45) is 4.75. The highest BCUT2D eigenvalue weighted by molar-refractivity contribution is 5.92. The maximum atomic E-state index is 7.21. The predicted octanol–water partition coefficient (Wildman–Crippen LogP) is 0.563. The lowest BCUT2D eigenvalue weighted by Crippen LogP contribution is -2.14. The first kappa shape index (κ1) is 10.3. The van der Waals surface area contributed by atoms with Crippen molar-refractivity contribution in [3.05, 3.63) is 35.8 Å². The smallest absolute Gasteiger partial charge is 0.156 e. The number of hydrogen-bond donors (Lipinski definition) is 2. The van der Waals surface area contributed by atoms with Gasteiger partial charge in [-0.15, -0.1) is 0 Å². The molecule has 0 amide bonds. The van der Waals surface area contributed by atoms with Crippen molar-refractivity contribution in [1.29, 1.82) is 5.41 Å². The molecule has 2 rings (SSSR count). The van der Waals surface area contributed by atoms with Crippen molar-refractivity contribution >= 4 is 5.84 Å². The van der Waals surface area contributed by atoms with Crippen LogP contribution in [0, 0.1) is 19.3 Å². The number of aryl methyl sites for hydroxylation is 1. The van der Waals surface area contributed by atoms with E-state index in [1.165, 1.54) is 6.20 Å². The second-order valence-corrected chi connectivity index (χ2v) is 3.46. The van der Waals surface area contributed by atoms with Gasteiger partial charge < -0.3 is 5.73 Å². The van der Waals surface area contributed by atoms with E-state index in [0.717, 1.165) is 11.4 Å². The van der Waals surface area contributed by atoms with Crippen molar-refractivity contribution < 1.29 is 0 Å². The Morgan fingerprint density at radius 2 is 2.00 bits per heavy atom. The molecule has 0 fully saturated rings. The maximum Gasteiger partial charge on any atom is 0.156 e. The van der Waals surface area contributed by atoms with Gasteiger partial charge in [0.1, 0.15) is 17.9 Å². The zero-order chi connectivity index (χ0) is 11.7. The second kappa shape index (κ2) is 3.73. The summed E-state index contributed by atoms with van der Waals surface area (Å²) in [5.41, 5.74) is 7.65. The molecule has 0 atom stereocenters. The van der Waals surface area contributed by atoms with Crippen molar-refractivity contribution in [2.45, 2.75) is 13.8 Å². The number of imidazole rings is 1. The van der Waals surface area contributed by atoms with Crippen LogP contribution in [-0.4, -0.2) is 25.4 Å². The van der Waals surface area contributed by atoms with Gasteiger partial charge in [0, 0.05) is 5.69 Å². The minimum Gasteiger partial charge on any atom is -0.382 e. The predicted molar refractivity (Wildman–Crippen MR) is 59.6 cm³/mol. The van der Waals surface area contributed by atoms with Gasteiger partial charge in [-0.25, -0.2) is 15.0 Å². The molecule has 2 heterocycles. The molecular weight excluding hydrogens is 204 g/mol. The normalized spacial score (nSPS) is 10.4. The molecule has 0 aromatic carbocycles. The lowest BCUT2D eigenvalue weighted by atomic mass is 10.4. The van der Waals surface area contributed by atoms with E-state index < -0.39 is 0 Å². The van der Waals surface area contributed by atoms with Crippen LogP contribution in [0.25, 0.3) is 5.82 Å². The Bertz CT molecular complexity index is 525. The summed E-state index contributed by atoms with van der Waals surface area (Å²) in [4.78, 5) is 12.4. The van der Waals surface area contributed by atoms with E-state index in [1.54, 1.807) is 12.5 Å². The van der Waals surface area contributed by atoms with Crippen LogP contribution >= 0.6 is 0 Å². The third-order valence-corrected chi connectivity index (χ3v) is 2.41. The van der Waals surface area contributed by atoms with Gasteiger partial charge in [-0.05, 0) is 13.8 Å². The van der Waals surface area contributed by atoms with Crippen molar-refractivity contribution in [1.82, 2.24) is 19.5 Å². The third kappa shape index (κ3) is 1.65. The Morgan fingerprint density at radius 1 is 1.25 bits per heavy atom. The molecule has 0 saturated carbocycles. The summed E-state index contributed by atoms with van der Waals surface area (Å²) >= 11 is 0. The first-order valence-corrected chi connectivity index (χ1v) is 4.77. The van der Waals surface area contributed by atoms with E-state index in [1.807, 2.05) is 18.4 Å². The number of rotatable bonds is 2. The molecule has 0 aliphatic carbocycles. The average molecular weight is 216 g/mol. The highest BCUT2D eigenvalue weighted by Gasteiger charge is 2.06. The molecule has 0 aliphatic heterocycles. The number of amidine groups is 1. The largest absolute Gasteiger partial charge is 0.382 e. The van der Waals surface area contributed by atoms with Crippen LogP contribution < -0.4 is 5.73 Å². The Morgan fingerprint density at radius 3 is 2.44 bits per heavy atom. The van der Waals surface area contributed by atoms with Gasteiger partial charge in [0.25, 0.3) is 0 Å². The van der Waals surface area contributed by atoms with Gasteiger partial charge in [-0.2, -0.15) is 0 Å². The van der Waals surface area contributed by atoms with Crippen LogP contribution in [0.3, 0.4) is 0 Å². The first-order chi connectivity index (χ1) is 7.59. The fourth-order valence-electron chi connectivity index (χ4n) is 1.31. The van der Waals surface area contributed by atoms with E-state index >= 15 is 0 Å². The summed E-state index contributed by atoms with van der Waals surface area (Å²) in [6.45, 7) is 3.89. The molecule has 6 nitrogen and oxygen atoms in total. The van der Waals surface area contributed by atoms with Crippen molar-refractivity contribution in [3.63, 3.8) is 0 Å². The number of hydrogen-bond acceptors (Lipinski definition) is 4. The minimum absolute atomic E-state index is 0.0856. The fraction of sp³-hybridized carbons (Fsp3) is 0.200. The van der Waals surface area contributed by atoms with Crippen LogP contribution in [-0.2, 0) is 0 Å². The zero-order valence-electron chi connectivity index (χ0n) is 9.10. The third-order valence-electron chi connectivity index (χ3n) is 2.41. The molecule has 0 saturated heterocycles. The summed E-state index contributed by atoms with van der Waals surface area (Å²) in [5.74, 6) is 0.584. The quantitative estimate of drug-likeness (QED) is 0.566. The van der Waals surface area contributed by atoms with Crippen molar-refractivity contribution in [3.8, 4) is 5.82 Å². The zero-order valence-corrected chi connectivity index (χ0v) is 9.10. The van der Waals surface area contributed by atoms with Crippen molar-refractivity contribution in [2.24, 2.45) is 5.73 Å². The summed E-state index contributed by atoms with van der Waals surface area (Å²) in [6, 6.07) is 0. The summed E-state index contributed by atoms with van der Waals surface area (Å²) < 4.78 is 1.84. The topological polar surface area (TPSA) is 93.5 Å². The average Bonchev–Trinajstić information content (AvgIpc) is 2.60. The molecule has 3 N–H and O–H groups in total. The molecule has 2 aromatic heterocycles. The summed E-state index contributed by atoms with van der Waals surface area (Å²) in [5, 5.41) is 7.21. The molecule has 0 bridgehead atoms. The Hall–Kier alpha value is -2.24. The first-order valence-electron chi connectivity index (χ1n) is 4.77. The monoisotopic (exact) mass is 216 g/mol. The van der Waals surface area contributed by atoms with Crippen LogP contribution in [0.1, 0.15) is 17.1 Å². The molecule has 0 radical (unpaired) electrons. The molecule has 2 aromatic rings. The van der Waals surface area contributed by atoms with Gasteiger partial charge in [-0.1, -0.05) is 0 Å². The van der Waals surface area contributed by atoms with E-state index in [-0.39, 0.29) is 5.84 Å². The van der Waals surface area contributed by atoms with Crippen LogP contribution in [0.4, 0.5) is 0 Å².